The molecular weight excluding hydrogens is 443 g/mol. The minimum Gasteiger partial charge on any atom is -0.383 e. The van der Waals surface area contributed by atoms with Crippen LogP contribution in [0.25, 0.3) is 0 Å². The van der Waals surface area contributed by atoms with Crippen LogP contribution in [0, 0.1) is 0 Å². The number of halogens is 3. The molecule has 0 aliphatic carbocycles. The topological polar surface area (TPSA) is 80.8 Å². The summed E-state index contributed by atoms with van der Waals surface area (Å²) < 4.78 is 93.3. The Morgan fingerprint density at radius 1 is 1.00 bits per heavy atom. The predicted molar refractivity (Wildman–Crippen MR) is 106 cm³/mol. The molecule has 11 heteroatoms. The zero-order chi connectivity index (χ0) is 22.6. The number of rotatable bonds is 9. The first-order valence-electron chi connectivity index (χ1n) is 8.99. The number of unbranched alkanes of at least 4 members (excludes halogenated alkanes) is 1. The number of sulfonamides is 1. The first-order valence-corrected chi connectivity index (χ1v) is 12.2. The maximum Gasteiger partial charge on any atom is 0.416 e. The molecule has 0 aromatic heterocycles. The molecule has 166 valence electrons. The van der Waals surface area contributed by atoms with E-state index in [4.69, 9.17) is 4.18 Å². The molecule has 0 aliphatic rings. The minimum absolute atomic E-state index is 0.0714. The summed E-state index contributed by atoms with van der Waals surface area (Å²) >= 11 is 0. The van der Waals surface area contributed by atoms with E-state index in [1.165, 1.54) is 24.3 Å². The lowest BCUT2D eigenvalue weighted by Crippen LogP contribution is -2.31. The Kier molecular flexibility index (Phi) is 7.54. The van der Waals surface area contributed by atoms with Crippen molar-refractivity contribution >= 4 is 20.1 Å². The lowest BCUT2D eigenvalue weighted by molar-refractivity contribution is -0.137. The lowest BCUT2D eigenvalue weighted by atomic mass is 10.2. The number of hydrogen-bond donors (Lipinski definition) is 0. The monoisotopic (exact) mass is 465 g/mol. The Bertz CT molecular complexity index is 1070. The highest BCUT2D eigenvalue weighted by Gasteiger charge is 2.33. The van der Waals surface area contributed by atoms with Crippen molar-refractivity contribution in [3.63, 3.8) is 0 Å². The molecule has 6 nitrogen and oxygen atoms in total. The Morgan fingerprint density at radius 3 is 2.17 bits per heavy atom. The smallest absolute Gasteiger partial charge is 0.383 e. The van der Waals surface area contributed by atoms with E-state index in [1.807, 2.05) is 6.92 Å². The number of alkyl halides is 3. The van der Waals surface area contributed by atoms with E-state index in [0.29, 0.717) is 24.5 Å². The molecule has 0 bridgehead atoms. The van der Waals surface area contributed by atoms with Gasteiger partial charge >= 0.3 is 16.3 Å². The Morgan fingerprint density at radius 2 is 1.63 bits per heavy atom. The molecule has 0 heterocycles. The molecule has 30 heavy (non-hydrogen) atoms. The van der Waals surface area contributed by atoms with Crippen LogP contribution in [0.5, 0.6) is 5.75 Å². The van der Waals surface area contributed by atoms with Gasteiger partial charge in [-0.05, 0) is 42.3 Å². The molecule has 0 saturated carbocycles. The minimum atomic E-state index is -4.66. The van der Waals surface area contributed by atoms with Crippen LogP contribution < -0.4 is 4.18 Å². The van der Waals surface area contributed by atoms with Gasteiger partial charge in [-0.15, -0.1) is 0 Å². The molecule has 2 aromatic rings. The average Bonchev–Trinajstić information content (AvgIpc) is 2.64. The van der Waals surface area contributed by atoms with Crippen LogP contribution >= 0.6 is 0 Å². The molecule has 0 fully saturated rings. The average molecular weight is 466 g/mol. The predicted octanol–water partition coefficient (Wildman–Crippen LogP) is 4.03. The molecule has 0 radical (unpaired) electrons. The largest absolute Gasteiger partial charge is 0.416 e. The maximum absolute atomic E-state index is 13.0. The third-order valence-corrected chi connectivity index (χ3v) is 6.43. The Labute approximate surface area is 174 Å². The molecule has 2 aromatic carbocycles. The van der Waals surface area contributed by atoms with Crippen LogP contribution in [-0.4, -0.2) is 33.9 Å². The number of nitrogens with zero attached hydrogens (tertiary/aromatic N) is 1. The molecule has 0 atom stereocenters. The van der Waals surface area contributed by atoms with Crippen molar-refractivity contribution in [1.82, 2.24) is 4.31 Å². The summed E-state index contributed by atoms with van der Waals surface area (Å²) in [4.78, 5) is -0.439. The second-order valence-corrected chi connectivity index (χ2v) is 10.2. The van der Waals surface area contributed by atoms with Gasteiger partial charge in [0, 0.05) is 13.1 Å². The van der Waals surface area contributed by atoms with Gasteiger partial charge in [0.2, 0.25) is 10.0 Å². The highest BCUT2D eigenvalue weighted by atomic mass is 32.2. The van der Waals surface area contributed by atoms with Gasteiger partial charge in [0.05, 0.1) is 16.7 Å². The van der Waals surface area contributed by atoms with Crippen molar-refractivity contribution in [2.24, 2.45) is 0 Å². The molecule has 0 amide bonds. The van der Waals surface area contributed by atoms with Gasteiger partial charge in [0.1, 0.15) is 5.75 Å². The maximum atomic E-state index is 13.0. The molecule has 2 rings (SSSR count). The van der Waals surface area contributed by atoms with Crippen LogP contribution in [0.4, 0.5) is 13.2 Å². The third-order valence-electron chi connectivity index (χ3n) is 4.09. The van der Waals surface area contributed by atoms with E-state index < -0.39 is 36.8 Å². The highest BCUT2D eigenvalue weighted by molar-refractivity contribution is 7.89. The normalized spacial score (nSPS) is 12.9. The Balaban J connectivity index is 2.33. The van der Waals surface area contributed by atoms with Crippen LogP contribution in [0.3, 0.4) is 0 Å². The number of benzene rings is 2. The Hall–Kier alpha value is -2.11. The van der Waals surface area contributed by atoms with Gasteiger partial charge in [0.25, 0.3) is 0 Å². The van der Waals surface area contributed by atoms with Crippen molar-refractivity contribution in [2.45, 2.75) is 37.4 Å². The van der Waals surface area contributed by atoms with Crippen molar-refractivity contribution < 1.29 is 34.2 Å². The van der Waals surface area contributed by atoms with Crippen LogP contribution in [0.2, 0.25) is 0 Å². The van der Waals surface area contributed by atoms with E-state index in [1.54, 1.807) is 0 Å². The molecule has 0 aliphatic heterocycles. The van der Waals surface area contributed by atoms with E-state index in [2.05, 4.69) is 0 Å². The van der Waals surface area contributed by atoms with Gasteiger partial charge in [-0.25, -0.2) is 8.42 Å². The summed E-state index contributed by atoms with van der Waals surface area (Å²) in [5.74, 6) is 0.0714. The van der Waals surface area contributed by atoms with Crippen LogP contribution in [0.15, 0.2) is 53.4 Å². The van der Waals surface area contributed by atoms with Crippen molar-refractivity contribution in [3.8, 4) is 5.75 Å². The zero-order valence-electron chi connectivity index (χ0n) is 16.4. The van der Waals surface area contributed by atoms with Crippen molar-refractivity contribution in [1.29, 1.82) is 0 Å². The van der Waals surface area contributed by atoms with Crippen LogP contribution in [-0.2, 0) is 32.9 Å². The number of hydrogen-bond acceptors (Lipinski definition) is 5. The highest BCUT2D eigenvalue weighted by Crippen LogP contribution is 2.31. The third kappa shape index (κ3) is 6.71. The van der Waals surface area contributed by atoms with Gasteiger partial charge in [-0.3, -0.25) is 0 Å². The molecule has 0 N–H and O–H groups in total. The van der Waals surface area contributed by atoms with Gasteiger partial charge in [0.15, 0.2) is 0 Å². The second-order valence-electron chi connectivity index (χ2n) is 6.65. The van der Waals surface area contributed by atoms with Gasteiger partial charge in [-0.2, -0.15) is 25.9 Å². The van der Waals surface area contributed by atoms with E-state index in [0.717, 1.165) is 28.8 Å². The van der Waals surface area contributed by atoms with Crippen molar-refractivity contribution in [2.75, 3.05) is 12.8 Å². The standard InChI is InChI=1S/C19H22F3NO5S2/c1-3-4-12-23(14-15-8-10-17(11-9-15)28-29(2,24)25)30(26,27)18-7-5-6-16(13-18)19(20,21)22/h5-11,13H,3-4,12,14H2,1-2H3. The summed E-state index contributed by atoms with van der Waals surface area (Å²) in [6.45, 7) is 1.90. The first kappa shape index (κ1) is 24.2. The lowest BCUT2D eigenvalue weighted by Gasteiger charge is -2.23. The molecular formula is C19H22F3NO5S2. The SMILES string of the molecule is CCCCN(Cc1ccc(OS(C)(=O)=O)cc1)S(=O)(=O)c1cccc(C(F)(F)F)c1. The summed E-state index contributed by atoms with van der Waals surface area (Å²) in [5.41, 5.74) is -0.510. The van der Waals surface area contributed by atoms with E-state index in [-0.39, 0.29) is 18.8 Å². The second kappa shape index (κ2) is 9.36. The van der Waals surface area contributed by atoms with E-state index >= 15 is 0 Å². The summed E-state index contributed by atoms with van der Waals surface area (Å²) in [7, 11) is -7.89. The van der Waals surface area contributed by atoms with Gasteiger partial charge in [-0.1, -0.05) is 31.5 Å². The fraction of sp³-hybridized carbons (Fsp3) is 0.368. The molecule has 0 spiro atoms. The van der Waals surface area contributed by atoms with Crippen molar-refractivity contribution in [3.05, 3.63) is 59.7 Å². The first-order chi connectivity index (χ1) is 13.8. The molecule has 0 unspecified atom stereocenters. The quantitative estimate of drug-likeness (QED) is 0.523. The fourth-order valence-electron chi connectivity index (χ4n) is 2.63. The zero-order valence-corrected chi connectivity index (χ0v) is 18.0. The van der Waals surface area contributed by atoms with Gasteiger partial charge < -0.3 is 4.18 Å². The molecule has 0 saturated heterocycles. The van der Waals surface area contributed by atoms with Crippen LogP contribution in [0.1, 0.15) is 30.9 Å². The van der Waals surface area contributed by atoms with E-state index in [9.17, 15) is 30.0 Å². The summed E-state index contributed by atoms with van der Waals surface area (Å²) in [6.07, 6.45) is -2.55. The fourth-order valence-corrected chi connectivity index (χ4v) is 4.60. The summed E-state index contributed by atoms with van der Waals surface area (Å²) in [6, 6.07) is 9.39. The summed E-state index contributed by atoms with van der Waals surface area (Å²) in [5, 5.41) is 0.